The van der Waals surface area contributed by atoms with Crippen molar-refractivity contribution in [3.8, 4) is 6.07 Å². The highest BCUT2D eigenvalue weighted by Gasteiger charge is 2.00. The largest absolute Gasteiger partial charge is 0.247 e. The van der Waals surface area contributed by atoms with E-state index in [-0.39, 0.29) is 0 Å². The molecule has 46 valence electrons. The van der Waals surface area contributed by atoms with E-state index in [1.165, 1.54) is 0 Å². The Hall–Kier alpha value is -1.37. The first kappa shape index (κ1) is 5.76. The van der Waals surface area contributed by atoms with E-state index in [1.807, 2.05) is 13.0 Å². The van der Waals surface area contributed by atoms with Gasteiger partial charge in [-0.1, -0.05) is 12.1 Å². The van der Waals surface area contributed by atoms with Gasteiger partial charge in [0.15, 0.2) is 5.69 Å². The predicted molar refractivity (Wildman–Crippen MR) is 30.5 cm³/mol. The van der Waals surface area contributed by atoms with E-state index in [0.29, 0.717) is 5.69 Å². The van der Waals surface area contributed by atoms with Crippen molar-refractivity contribution in [1.29, 1.82) is 5.26 Å². The molecule has 1 heterocycles. The third kappa shape index (κ3) is 0.891. The fourth-order valence-corrected chi connectivity index (χ4v) is 0.587. The number of rotatable bonds is 1. The minimum atomic E-state index is 0.470. The van der Waals surface area contributed by atoms with E-state index in [9.17, 15) is 0 Å². The van der Waals surface area contributed by atoms with Crippen LogP contribution in [0.15, 0.2) is 0 Å². The molecule has 0 aliphatic rings. The summed E-state index contributed by atoms with van der Waals surface area (Å²) in [4.78, 5) is 0. The minimum Gasteiger partial charge on any atom is -0.247 e. The molecule has 0 spiro atoms. The zero-order valence-corrected chi connectivity index (χ0v) is 5.05. The lowest BCUT2D eigenvalue weighted by Crippen LogP contribution is -1.83. The van der Waals surface area contributed by atoms with E-state index in [1.54, 1.807) is 0 Å². The molecule has 1 rings (SSSR count). The molecule has 0 radical (unpaired) electrons. The molecule has 0 saturated heterocycles. The van der Waals surface area contributed by atoms with Gasteiger partial charge in [-0.25, -0.2) is 5.10 Å². The first-order chi connectivity index (χ1) is 4.38. The maximum absolute atomic E-state index is 8.38. The first-order valence-corrected chi connectivity index (χ1v) is 2.68. The molecule has 1 N–H and O–H groups in total. The second-order valence-corrected chi connectivity index (χ2v) is 1.60. The van der Waals surface area contributed by atoms with Crippen molar-refractivity contribution < 1.29 is 0 Å². The number of aromatic nitrogens is 3. The zero-order chi connectivity index (χ0) is 6.69. The van der Waals surface area contributed by atoms with Crippen molar-refractivity contribution >= 4 is 0 Å². The van der Waals surface area contributed by atoms with Crippen LogP contribution in [0.1, 0.15) is 18.3 Å². The Morgan fingerprint density at radius 2 is 2.56 bits per heavy atom. The van der Waals surface area contributed by atoms with Crippen LogP contribution in [0.2, 0.25) is 0 Å². The second-order valence-electron chi connectivity index (χ2n) is 1.60. The van der Waals surface area contributed by atoms with Gasteiger partial charge in [0.25, 0.3) is 0 Å². The monoisotopic (exact) mass is 122 g/mol. The second kappa shape index (κ2) is 2.27. The van der Waals surface area contributed by atoms with Crippen molar-refractivity contribution in [1.82, 2.24) is 15.4 Å². The molecule has 0 bridgehead atoms. The number of nitrogens with one attached hydrogen (secondary N) is 1. The summed E-state index contributed by atoms with van der Waals surface area (Å²) in [5.74, 6) is 0. The van der Waals surface area contributed by atoms with E-state index < -0.39 is 0 Å². The van der Waals surface area contributed by atoms with Gasteiger partial charge >= 0.3 is 0 Å². The van der Waals surface area contributed by atoms with Crippen LogP contribution in [0.25, 0.3) is 0 Å². The van der Waals surface area contributed by atoms with Crippen molar-refractivity contribution in [2.45, 2.75) is 13.3 Å². The molecule has 0 atom stereocenters. The van der Waals surface area contributed by atoms with Crippen LogP contribution in [0.4, 0.5) is 0 Å². The van der Waals surface area contributed by atoms with E-state index >= 15 is 0 Å². The van der Waals surface area contributed by atoms with Crippen LogP contribution in [0.5, 0.6) is 0 Å². The number of H-pyrrole nitrogens is 1. The van der Waals surface area contributed by atoms with E-state index in [0.717, 1.165) is 12.1 Å². The van der Waals surface area contributed by atoms with Crippen LogP contribution in [0.3, 0.4) is 0 Å². The molecule has 0 unspecified atom stereocenters. The third-order valence-electron chi connectivity index (χ3n) is 1.07. The smallest absolute Gasteiger partial charge is 0.158 e. The van der Waals surface area contributed by atoms with Crippen LogP contribution < -0.4 is 0 Å². The normalized spacial score (nSPS) is 8.89. The maximum Gasteiger partial charge on any atom is 0.158 e. The van der Waals surface area contributed by atoms with Crippen LogP contribution in [0, 0.1) is 11.3 Å². The average molecular weight is 122 g/mol. The number of nitrogens with zero attached hydrogens (tertiary/aromatic N) is 3. The predicted octanol–water partition coefficient (Wildman–Crippen LogP) is 0.239. The van der Waals surface area contributed by atoms with Crippen LogP contribution in [-0.2, 0) is 6.42 Å². The molecule has 0 aromatic carbocycles. The van der Waals surface area contributed by atoms with Gasteiger partial charge in [0.05, 0.1) is 0 Å². The minimum absolute atomic E-state index is 0.470. The van der Waals surface area contributed by atoms with Gasteiger partial charge in [-0.15, -0.1) is 5.10 Å². The Morgan fingerprint density at radius 3 is 3.00 bits per heavy atom. The number of hydrogen-bond acceptors (Lipinski definition) is 3. The van der Waals surface area contributed by atoms with E-state index in [2.05, 4.69) is 15.4 Å². The average Bonchev–Trinajstić information content (AvgIpc) is 2.33. The highest BCUT2D eigenvalue weighted by molar-refractivity contribution is 5.22. The molecule has 0 fully saturated rings. The lowest BCUT2D eigenvalue weighted by Gasteiger charge is -1.81. The Balaban J connectivity index is 3.02. The maximum atomic E-state index is 8.38. The summed E-state index contributed by atoms with van der Waals surface area (Å²) >= 11 is 0. The number of aromatic amines is 1. The molecule has 0 aliphatic carbocycles. The molecule has 0 aliphatic heterocycles. The first-order valence-electron chi connectivity index (χ1n) is 2.68. The van der Waals surface area contributed by atoms with Crippen molar-refractivity contribution in [2.24, 2.45) is 0 Å². The highest BCUT2D eigenvalue weighted by Crippen LogP contribution is 1.97. The number of aryl methyl sites for hydroxylation is 1. The Bertz CT molecular complexity index is 231. The summed E-state index contributed by atoms with van der Waals surface area (Å²) in [6, 6.07) is 1.95. The zero-order valence-electron chi connectivity index (χ0n) is 5.05. The fraction of sp³-hybridized carbons (Fsp3) is 0.400. The van der Waals surface area contributed by atoms with Gasteiger partial charge in [0, 0.05) is 0 Å². The number of nitriles is 1. The summed E-state index contributed by atoms with van der Waals surface area (Å²) in [5.41, 5.74) is 1.20. The molecule has 9 heavy (non-hydrogen) atoms. The Morgan fingerprint density at radius 1 is 1.78 bits per heavy atom. The topological polar surface area (TPSA) is 65.4 Å². The van der Waals surface area contributed by atoms with Gasteiger partial charge in [-0.2, -0.15) is 5.26 Å². The fourth-order valence-electron chi connectivity index (χ4n) is 0.587. The molecule has 4 heteroatoms. The highest BCUT2D eigenvalue weighted by atomic mass is 15.3. The molecular formula is C5H6N4. The summed E-state index contributed by atoms with van der Waals surface area (Å²) in [6.45, 7) is 1.93. The molecule has 1 aromatic rings. The lowest BCUT2D eigenvalue weighted by atomic mass is 10.3. The summed E-state index contributed by atoms with van der Waals surface area (Å²) in [5, 5.41) is 18.0. The van der Waals surface area contributed by atoms with Crippen LogP contribution >= 0.6 is 0 Å². The molecular weight excluding hydrogens is 116 g/mol. The summed E-state index contributed by atoms with van der Waals surface area (Å²) in [7, 11) is 0. The van der Waals surface area contributed by atoms with Gasteiger partial charge < -0.3 is 0 Å². The van der Waals surface area contributed by atoms with Crippen molar-refractivity contribution in [2.75, 3.05) is 0 Å². The third-order valence-corrected chi connectivity index (χ3v) is 1.07. The Kier molecular flexibility index (Phi) is 1.45. The molecule has 4 nitrogen and oxygen atoms in total. The van der Waals surface area contributed by atoms with Crippen molar-refractivity contribution in [3.63, 3.8) is 0 Å². The molecule has 0 saturated carbocycles. The Labute approximate surface area is 52.5 Å². The summed E-state index contributed by atoms with van der Waals surface area (Å²) < 4.78 is 0. The van der Waals surface area contributed by atoms with Crippen LogP contribution in [-0.4, -0.2) is 15.4 Å². The molecule has 1 aromatic heterocycles. The van der Waals surface area contributed by atoms with Gasteiger partial charge in [-0.3, -0.25) is 0 Å². The quantitative estimate of drug-likeness (QED) is 0.580. The van der Waals surface area contributed by atoms with Crippen molar-refractivity contribution in [3.05, 3.63) is 11.4 Å². The van der Waals surface area contributed by atoms with E-state index in [4.69, 9.17) is 5.26 Å². The summed E-state index contributed by atoms with van der Waals surface area (Å²) in [6.07, 6.45) is 0.749. The van der Waals surface area contributed by atoms with Gasteiger partial charge in [0.2, 0.25) is 0 Å². The van der Waals surface area contributed by atoms with Gasteiger partial charge in [-0.05, 0) is 6.42 Å². The number of hydrogen-bond donors (Lipinski definition) is 1. The standard InChI is InChI=1S/C5H6N4/c1-2-4-5(3-6)8-9-7-4/h2H2,1H3,(H,7,8,9). The SMILES string of the molecule is CCc1nn[nH]c1C#N. The molecule has 0 amide bonds. The lowest BCUT2D eigenvalue weighted by molar-refractivity contribution is 0.907. The van der Waals surface area contributed by atoms with Gasteiger partial charge in [0.1, 0.15) is 11.8 Å².